The Hall–Kier alpha value is -5.11. The second-order valence-corrected chi connectivity index (χ2v) is 18.8. The molecule has 0 aromatic carbocycles. The number of amides is 7. The van der Waals surface area contributed by atoms with Crippen molar-refractivity contribution < 1.29 is 33.6 Å². The quantitative estimate of drug-likeness (QED) is 0.0170. The lowest BCUT2D eigenvalue weighted by atomic mass is 10.0. The number of carbonyl (C=O) groups excluding carboxylic acids is 7. The van der Waals surface area contributed by atoms with Crippen LogP contribution >= 0.6 is 0 Å². The molecule has 0 aliphatic heterocycles. The highest BCUT2D eigenvalue weighted by Gasteiger charge is 2.30. The fraction of sp³-hybridized carbons (Fsp3) is 0.792. The third kappa shape index (κ3) is 41.0. The molecule has 7 amide bonds. The first-order valence-electron chi connectivity index (χ1n) is 28.0. The number of nitrogens with zero attached hydrogens (tertiary/aromatic N) is 4. The van der Waals surface area contributed by atoms with Gasteiger partial charge >= 0.3 is 0 Å². The first-order valence-corrected chi connectivity index (χ1v) is 28.0. The van der Waals surface area contributed by atoms with Crippen molar-refractivity contribution in [1.82, 2.24) is 37.7 Å². The first-order chi connectivity index (χ1) is 35.4. The van der Waals surface area contributed by atoms with Gasteiger partial charge in [-0.05, 0) is 90.0 Å². The van der Waals surface area contributed by atoms with Crippen molar-refractivity contribution >= 4 is 66.2 Å². The molecule has 0 heterocycles. The van der Waals surface area contributed by atoms with E-state index in [1.165, 1.54) is 12.8 Å². The van der Waals surface area contributed by atoms with Gasteiger partial charge in [0.15, 0.2) is 0 Å². The molecule has 20 heteroatoms. The Labute approximate surface area is 438 Å². The van der Waals surface area contributed by atoms with E-state index in [2.05, 4.69) is 85.8 Å². The molecule has 418 valence electrons. The minimum absolute atomic E-state index is 0.0865. The zero-order chi connectivity index (χ0) is 54.0. The molecule has 0 rings (SSSR count). The van der Waals surface area contributed by atoms with Gasteiger partial charge in [-0.3, -0.25) is 33.6 Å². The average molecular weight is 1030 g/mol. The van der Waals surface area contributed by atoms with E-state index in [1.54, 1.807) is 24.9 Å². The summed E-state index contributed by atoms with van der Waals surface area (Å²) in [6.45, 7) is 8.99. The highest BCUT2D eigenvalue weighted by molar-refractivity contribution is 5.94. The van der Waals surface area contributed by atoms with Crippen LogP contribution in [0, 0.1) is 0 Å². The highest BCUT2D eigenvalue weighted by atomic mass is 16.2. The van der Waals surface area contributed by atoms with E-state index in [0.29, 0.717) is 38.6 Å². The van der Waals surface area contributed by atoms with Gasteiger partial charge < -0.3 is 27.4 Å². The van der Waals surface area contributed by atoms with E-state index in [0.717, 1.165) is 122 Å². The summed E-state index contributed by atoms with van der Waals surface area (Å²) < 4.78 is 0. The van der Waals surface area contributed by atoms with Gasteiger partial charge in [0.05, 0.1) is 6.04 Å². The fourth-order valence-corrected chi connectivity index (χ4v) is 7.43. The molecule has 0 fully saturated rings. The normalized spacial score (nSPS) is 13.2. The Morgan fingerprint density at radius 3 is 1.08 bits per heavy atom. The van der Waals surface area contributed by atoms with Crippen molar-refractivity contribution in [3.63, 3.8) is 0 Å². The predicted molar refractivity (Wildman–Crippen MR) is 294 cm³/mol. The molecule has 0 unspecified atom stereocenters. The van der Waals surface area contributed by atoms with Gasteiger partial charge in [-0.15, -0.1) is 0 Å². The largest absolute Gasteiger partial charge is 0.344 e. The second kappa shape index (κ2) is 49.1. The van der Waals surface area contributed by atoms with Crippen LogP contribution in [0.1, 0.15) is 240 Å². The summed E-state index contributed by atoms with van der Waals surface area (Å²) in [6, 6.07) is -4.84. The lowest BCUT2D eigenvalue weighted by Crippen LogP contribution is -2.56. The molecule has 0 spiro atoms. The molecule has 4 atom stereocenters. The van der Waals surface area contributed by atoms with E-state index < -0.39 is 65.5 Å². The van der Waals surface area contributed by atoms with E-state index >= 15 is 0 Å². The van der Waals surface area contributed by atoms with Crippen molar-refractivity contribution in [3.05, 3.63) is 0 Å². The fourth-order valence-electron chi connectivity index (χ4n) is 7.43. The summed E-state index contributed by atoms with van der Waals surface area (Å²) in [5, 5.41) is 24.2. The number of nitrogens with two attached hydrogens (primary N) is 2. The predicted octanol–water partition coefficient (Wildman–Crippen LogP) is 7.09. The van der Waals surface area contributed by atoms with Crippen LogP contribution < -0.4 is 49.1 Å². The van der Waals surface area contributed by atoms with Crippen LogP contribution in [0.4, 0.5) is 0 Å². The SMILES string of the molecule is CCCCCCC/C=N/NC(=O)CC[C@H](NC(=O)CC[C@H](NC(=O)[C@@H](N)CCCCN)C(=O)N[C@@H](CCC(=O)N/N=C/CCCCCCC)C(=O)N/N=C/CCCCCCC)C(=O)N/N=C/CCCCCCC. The molecular weight excluding hydrogens is 931 g/mol. The standard InChI is InChI=1S/C53H99N13O7/c1-5-9-13-17-21-27-39-56-63-48(68)36-33-45(52(72)65-58-41-29-23-19-15-11-7-3)60-47(67)35-32-44(61-50(70)43(55)31-25-26-38-54)51(71)62-46(53(73)66-59-42-30-24-20-16-12-8-4)34-37-49(69)64-57-40-28-22-18-14-10-6-2/h39-46H,5-38,54-55H2,1-4H3,(H,60,67)(H,61,70)(H,62,71)(H,63,68)(H,64,69)(H,65,72)(H,66,73)/b56-39+,57-40+,58-41+,59-42+/t43-,44-,45-,46-/m0/s1. The third-order valence-corrected chi connectivity index (χ3v) is 12.0. The third-order valence-electron chi connectivity index (χ3n) is 12.0. The summed E-state index contributed by atoms with van der Waals surface area (Å²) in [5.41, 5.74) is 21.8. The van der Waals surface area contributed by atoms with Gasteiger partial charge in [-0.2, -0.15) is 20.4 Å². The summed E-state index contributed by atoms with van der Waals surface area (Å²) in [6.07, 6.45) is 31.1. The molecule has 73 heavy (non-hydrogen) atoms. The molecule has 0 radical (unpaired) electrons. The molecule has 0 aliphatic carbocycles. The van der Waals surface area contributed by atoms with Crippen molar-refractivity contribution in [2.75, 3.05) is 6.54 Å². The van der Waals surface area contributed by atoms with Crippen molar-refractivity contribution in [1.29, 1.82) is 0 Å². The number of hydrazone groups is 4. The van der Waals surface area contributed by atoms with Gasteiger partial charge in [-0.1, -0.05) is 137 Å². The number of hydrogen-bond acceptors (Lipinski definition) is 13. The van der Waals surface area contributed by atoms with Crippen LogP contribution in [0.2, 0.25) is 0 Å². The van der Waals surface area contributed by atoms with Crippen molar-refractivity contribution in [2.45, 2.75) is 264 Å². The number of carbonyl (C=O) groups is 7. The van der Waals surface area contributed by atoms with E-state index in [4.69, 9.17) is 11.5 Å². The highest BCUT2D eigenvalue weighted by Crippen LogP contribution is 2.10. The maximum Gasteiger partial charge on any atom is 0.262 e. The Balaban J connectivity index is 6.24. The maximum atomic E-state index is 14.1. The molecule has 0 aromatic rings. The topological polar surface area (TPSA) is 305 Å². The van der Waals surface area contributed by atoms with Crippen LogP contribution in [0.3, 0.4) is 0 Å². The number of rotatable bonds is 48. The summed E-state index contributed by atoms with van der Waals surface area (Å²) in [7, 11) is 0. The zero-order valence-electron chi connectivity index (χ0n) is 45.5. The van der Waals surface area contributed by atoms with Gasteiger partial charge in [0.2, 0.25) is 29.5 Å². The molecule has 0 bridgehead atoms. The lowest BCUT2D eigenvalue weighted by Gasteiger charge is -2.24. The number of unbranched alkanes of at least 4 members (excludes halogenated alkanes) is 21. The molecule has 0 saturated carbocycles. The van der Waals surface area contributed by atoms with Crippen molar-refractivity contribution in [3.8, 4) is 0 Å². The zero-order valence-corrected chi connectivity index (χ0v) is 45.5. The minimum atomic E-state index is -1.37. The molecule has 0 saturated heterocycles. The van der Waals surface area contributed by atoms with Gasteiger partial charge in [0.25, 0.3) is 11.8 Å². The van der Waals surface area contributed by atoms with Crippen LogP contribution in [-0.4, -0.2) is 96.9 Å². The maximum absolute atomic E-state index is 14.1. The monoisotopic (exact) mass is 1030 g/mol. The van der Waals surface area contributed by atoms with Crippen LogP contribution in [0.5, 0.6) is 0 Å². The summed E-state index contributed by atoms with van der Waals surface area (Å²) in [5.74, 6) is -4.38. The lowest BCUT2D eigenvalue weighted by molar-refractivity contribution is -0.133. The van der Waals surface area contributed by atoms with Gasteiger partial charge in [-0.25, -0.2) is 21.7 Å². The van der Waals surface area contributed by atoms with E-state index in [-0.39, 0.29) is 44.9 Å². The Morgan fingerprint density at radius 1 is 0.370 bits per heavy atom. The Bertz CT molecular complexity index is 1610. The Morgan fingerprint density at radius 2 is 0.699 bits per heavy atom. The number of nitrogens with one attached hydrogen (secondary N) is 7. The van der Waals surface area contributed by atoms with Crippen LogP contribution in [0.15, 0.2) is 20.4 Å². The van der Waals surface area contributed by atoms with Crippen LogP contribution in [-0.2, 0) is 33.6 Å². The van der Waals surface area contributed by atoms with E-state index in [1.807, 2.05) is 0 Å². The summed E-state index contributed by atoms with van der Waals surface area (Å²) in [4.78, 5) is 93.7. The van der Waals surface area contributed by atoms with Crippen molar-refractivity contribution in [2.24, 2.45) is 31.9 Å². The number of hydrogen-bond donors (Lipinski definition) is 9. The smallest absolute Gasteiger partial charge is 0.262 e. The second-order valence-electron chi connectivity index (χ2n) is 18.8. The molecule has 0 aliphatic rings. The molecular formula is C53H99N13O7. The molecule has 0 aromatic heterocycles. The summed E-state index contributed by atoms with van der Waals surface area (Å²) >= 11 is 0. The molecule has 11 N–H and O–H groups in total. The average Bonchev–Trinajstić information content (AvgIpc) is 3.38. The van der Waals surface area contributed by atoms with Gasteiger partial charge in [0, 0.05) is 44.1 Å². The molecule has 20 nitrogen and oxygen atoms in total. The Kier molecular flexibility index (Phi) is 45.7. The van der Waals surface area contributed by atoms with Gasteiger partial charge in [0.1, 0.15) is 18.1 Å². The van der Waals surface area contributed by atoms with Crippen LogP contribution in [0.25, 0.3) is 0 Å². The minimum Gasteiger partial charge on any atom is -0.344 e. The first kappa shape index (κ1) is 67.9. The van der Waals surface area contributed by atoms with E-state index in [9.17, 15) is 33.6 Å².